The number of amides is 2. The lowest BCUT2D eigenvalue weighted by Crippen LogP contribution is -2.41. The topological polar surface area (TPSA) is 109 Å². The molecule has 4 N–H and O–H groups in total. The van der Waals surface area contributed by atoms with Crippen LogP contribution in [0.15, 0.2) is 11.6 Å². The van der Waals surface area contributed by atoms with Crippen molar-refractivity contribution < 1.29 is 19.5 Å². The molecule has 0 rings (SSSR count). The van der Waals surface area contributed by atoms with Crippen LogP contribution >= 0.6 is 0 Å². The molecule has 0 aromatic rings. The predicted octanol–water partition coefficient (Wildman–Crippen LogP) is 1.35. The predicted molar refractivity (Wildman–Crippen MR) is 75.9 cm³/mol. The number of carboxylic acids is 1. The van der Waals surface area contributed by atoms with Crippen LogP contribution in [0.25, 0.3) is 0 Å². The highest BCUT2D eigenvalue weighted by Crippen LogP contribution is 2.05. The van der Waals surface area contributed by atoms with Crippen molar-refractivity contribution in [2.45, 2.75) is 58.4 Å². The minimum atomic E-state index is -1.17. The minimum absolute atomic E-state index is 0.000475. The van der Waals surface area contributed by atoms with Crippen LogP contribution in [-0.2, 0) is 14.4 Å². The summed E-state index contributed by atoms with van der Waals surface area (Å²) in [6.07, 6.45) is 5.74. The standard InChI is InChI=1S/C14H24N2O4/c1-3-4-5-6-7-10(2)13(18)16-11(14(19)20)8-9-12(15)17/h7,11H,3-6,8-9H2,1-2H3,(H2,15,17)(H,16,18)(H,19,20)/b10-7+. The second kappa shape index (κ2) is 10.00. The van der Waals surface area contributed by atoms with E-state index in [1.165, 1.54) is 0 Å². The minimum Gasteiger partial charge on any atom is -0.480 e. The number of nitrogens with two attached hydrogens (primary N) is 1. The van der Waals surface area contributed by atoms with E-state index in [1.54, 1.807) is 13.0 Å². The van der Waals surface area contributed by atoms with Gasteiger partial charge in [0, 0.05) is 12.0 Å². The first-order valence-electron chi connectivity index (χ1n) is 6.87. The van der Waals surface area contributed by atoms with Crippen LogP contribution < -0.4 is 11.1 Å². The molecule has 1 unspecified atom stereocenters. The van der Waals surface area contributed by atoms with Gasteiger partial charge in [0.2, 0.25) is 11.8 Å². The van der Waals surface area contributed by atoms with Crippen LogP contribution in [0.2, 0.25) is 0 Å². The molecule has 114 valence electrons. The Kier molecular flexibility index (Phi) is 9.07. The molecule has 0 aromatic heterocycles. The number of unbranched alkanes of at least 4 members (excludes halogenated alkanes) is 3. The summed E-state index contributed by atoms with van der Waals surface area (Å²) >= 11 is 0. The zero-order valence-corrected chi connectivity index (χ0v) is 12.1. The molecule has 0 heterocycles. The third-order valence-electron chi connectivity index (χ3n) is 2.90. The summed E-state index contributed by atoms with van der Waals surface area (Å²) in [7, 11) is 0. The van der Waals surface area contributed by atoms with Gasteiger partial charge in [-0.15, -0.1) is 0 Å². The lowest BCUT2D eigenvalue weighted by Gasteiger charge is -2.13. The quantitative estimate of drug-likeness (QED) is 0.415. The van der Waals surface area contributed by atoms with E-state index in [-0.39, 0.29) is 12.8 Å². The highest BCUT2D eigenvalue weighted by Gasteiger charge is 2.20. The van der Waals surface area contributed by atoms with E-state index in [9.17, 15) is 14.4 Å². The normalized spacial score (nSPS) is 12.8. The molecule has 0 aromatic carbocycles. The summed E-state index contributed by atoms with van der Waals surface area (Å²) in [5.41, 5.74) is 5.46. The molecule has 20 heavy (non-hydrogen) atoms. The second-order valence-electron chi connectivity index (χ2n) is 4.75. The molecule has 0 saturated carbocycles. The van der Waals surface area contributed by atoms with E-state index < -0.39 is 23.8 Å². The van der Waals surface area contributed by atoms with Gasteiger partial charge in [-0.2, -0.15) is 0 Å². The van der Waals surface area contributed by atoms with E-state index >= 15 is 0 Å². The van der Waals surface area contributed by atoms with Crippen molar-refractivity contribution >= 4 is 17.8 Å². The van der Waals surface area contributed by atoms with E-state index in [0.29, 0.717) is 5.57 Å². The van der Waals surface area contributed by atoms with Gasteiger partial charge < -0.3 is 16.2 Å². The lowest BCUT2D eigenvalue weighted by atomic mass is 10.1. The smallest absolute Gasteiger partial charge is 0.326 e. The first kappa shape index (κ1) is 18.1. The molecule has 0 fully saturated rings. The zero-order valence-electron chi connectivity index (χ0n) is 12.1. The summed E-state index contributed by atoms with van der Waals surface area (Å²) in [4.78, 5) is 33.4. The van der Waals surface area contributed by atoms with E-state index in [0.717, 1.165) is 25.7 Å². The Morgan fingerprint density at radius 2 is 1.95 bits per heavy atom. The Morgan fingerprint density at radius 3 is 2.45 bits per heavy atom. The van der Waals surface area contributed by atoms with Crippen molar-refractivity contribution in [3.05, 3.63) is 11.6 Å². The van der Waals surface area contributed by atoms with Gasteiger partial charge in [-0.05, 0) is 26.2 Å². The lowest BCUT2D eigenvalue weighted by molar-refractivity contribution is -0.141. The highest BCUT2D eigenvalue weighted by atomic mass is 16.4. The Balaban J connectivity index is 4.36. The largest absolute Gasteiger partial charge is 0.480 e. The van der Waals surface area contributed by atoms with Crippen molar-refractivity contribution in [1.29, 1.82) is 0 Å². The van der Waals surface area contributed by atoms with Crippen LogP contribution in [-0.4, -0.2) is 28.9 Å². The Labute approximate surface area is 119 Å². The highest BCUT2D eigenvalue weighted by molar-refractivity contribution is 5.95. The first-order valence-corrected chi connectivity index (χ1v) is 6.87. The van der Waals surface area contributed by atoms with Crippen LogP contribution in [0.4, 0.5) is 0 Å². The van der Waals surface area contributed by atoms with Crippen LogP contribution in [0, 0.1) is 0 Å². The van der Waals surface area contributed by atoms with Crippen LogP contribution in [0.3, 0.4) is 0 Å². The maximum atomic E-state index is 11.8. The molecule has 0 bridgehead atoms. The van der Waals surface area contributed by atoms with Crippen LogP contribution in [0.1, 0.15) is 52.4 Å². The number of hydrogen-bond acceptors (Lipinski definition) is 3. The molecule has 0 radical (unpaired) electrons. The van der Waals surface area contributed by atoms with E-state index in [4.69, 9.17) is 10.8 Å². The number of hydrogen-bond donors (Lipinski definition) is 3. The summed E-state index contributed by atoms with van der Waals surface area (Å²) in [5, 5.41) is 11.4. The molecule has 0 aliphatic heterocycles. The monoisotopic (exact) mass is 284 g/mol. The van der Waals surface area contributed by atoms with Crippen molar-refractivity contribution in [3.8, 4) is 0 Å². The Hall–Kier alpha value is -1.85. The third kappa shape index (κ3) is 8.29. The van der Waals surface area contributed by atoms with Gasteiger partial charge in [-0.3, -0.25) is 9.59 Å². The molecule has 0 spiro atoms. The van der Waals surface area contributed by atoms with Gasteiger partial charge in [0.15, 0.2) is 0 Å². The molecule has 0 aliphatic carbocycles. The summed E-state index contributed by atoms with van der Waals surface area (Å²) < 4.78 is 0. The average molecular weight is 284 g/mol. The maximum absolute atomic E-state index is 11.8. The van der Waals surface area contributed by atoms with Gasteiger partial charge in [-0.25, -0.2) is 4.79 Å². The number of carbonyl (C=O) groups excluding carboxylic acids is 2. The van der Waals surface area contributed by atoms with E-state index in [2.05, 4.69) is 12.2 Å². The number of nitrogens with one attached hydrogen (secondary N) is 1. The second-order valence-corrected chi connectivity index (χ2v) is 4.75. The van der Waals surface area contributed by atoms with Gasteiger partial charge in [0.1, 0.15) is 6.04 Å². The van der Waals surface area contributed by atoms with Crippen molar-refractivity contribution in [3.63, 3.8) is 0 Å². The molecule has 1 atom stereocenters. The Bertz CT molecular complexity index is 377. The first-order chi connectivity index (χ1) is 9.38. The molecule has 6 nitrogen and oxygen atoms in total. The molecule has 0 aliphatic rings. The number of carbonyl (C=O) groups is 3. The molecule has 0 saturated heterocycles. The van der Waals surface area contributed by atoms with Gasteiger partial charge in [0.25, 0.3) is 0 Å². The SMILES string of the molecule is CCCCC/C=C(\C)C(=O)NC(CCC(N)=O)C(=O)O. The van der Waals surface area contributed by atoms with E-state index in [1.807, 2.05) is 0 Å². The van der Waals surface area contributed by atoms with Crippen molar-refractivity contribution in [2.75, 3.05) is 0 Å². The Morgan fingerprint density at radius 1 is 1.30 bits per heavy atom. The number of primary amides is 1. The summed E-state index contributed by atoms with van der Waals surface area (Å²) in [6, 6.07) is -1.09. The van der Waals surface area contributed by atoms with Crippen molar-refractivity contribution in [2.24, 2.45) is 5.73 Å². The fourth-order valence-corrected chi connectivity index (χ4v) is 1.62. The molecule has 2 amide bonds. The number of aliphatic carboxylic acids is 1. The number of carboxylic acid groups (broad SMARTS) is 1. The van der Waals surface area contributed by atoms with Crippen LogP contribution in [0.5, 0.6) is 0 Å². The molecular formula is C14H24N2O4. The third-order valence-corrected chi connectivity index (χ3v) is 2.90. The fraction of sp³-hybridized carbons (Fsp3) is 0.643. The number of allylic oxidation sites excluding steroid dienone is 1. The molecular weight excluding hydrogens is 260 g/mol. The van der Waals surface area contributed by atoms with Gasteiger partial charge in [0.05, 0.1) is 0 Å². The average Bonchev–Trinajstić information content (AvgIpc) is 2.38. The maximum Gasteiger partial charge on any atom is 0.326 e. The molecule has 6 heteroatoms. The fourth-order valence-electron chi connectivity index (χ4n) is 1.62. The number of rotatable bonds is 10. The van der Waals surface area contributed by atoms with Crippen molar-refractivity contribution in [1.82, 2.24) is 5.32 Å². The zero-order chi connectivity index (χ0) is 15.5. The summed E-state index contributed by atoms with van der Waals surface area (Å²) in [6.45, 7) is 3.74. The van der Waals surface area contributed by atoms with Gasteiger partial charge in [-0.1, -0.05) is 25.8 Å². The summed E-state index contributed by atoms with van der Waals surface area (Å²) in [5.74, 6) is -2.17. The van der Waals surface area contributed by atoms with Gasteiger partial charge >= 0.3 is 5.97 Å².